The molecule has 0 bridgehead atoms. The first-order chi connectivity index (χ1) is 11.7. The van der Waals surface area contributed by atoms with Crippen LogP contribution < -0.4 is 10.6 Å². The molecule has 1 aliphatic rings. The predicted octanol–water partition coefficient (Wildman–Crippen LogP) is 2.22. The lowest BCUT2D eigenvalue weighted by atomic mass is 10.2. The fourth-order valence-corrected chi connectivity index (χ4v) is 2.24. The number of esters is 1. The van der Waals surface area contributed by atoms with E-state index >= 15 is 0 Å². The highest BCUT2D eigenvalue weighted by atomic mass is 16.5. The topological polar surface area (TPSA) is 79.8 Å². The number of rotatable bonds is 3. The molecule has 1 saturated heterocycles. The van der Waals surface area contributed by atoms with Gasteiger partial charge >= 0.3 is 5.97 Å². The Morgan fingerprint density at radius 2 is 1.75 bits per heavy atom. The summed E-state index contributed by atoms with van der Waals surface area (Å²) in [6.07, 6.45) is 1.73. The summed E-state index contributed by atoms with van der Waals surface area (Å²) in [7, 11) is 1.31. The maximum atomic E-state index is 12.0. The van der Waals surface area contributed by atoms with E-state index in [1.807, 2.05) is 30.3 Å². The van der Waals surface area contributed by atoms with Crippen LogP contribution in [0.5, 0.6) is 0 Å². The third-order valence-electron chi connectivity index (χ3n) is 3.38. The fourth-order valence-electron chi connectivity index (χ4n) is 2.24. The Labute approximate surface area is 138 Å². The summed E-state index contributed by atoms with van der Waals surface area (Å²) in [5.41, 5.74) is 2.01. The summed E-state index contributed by atoms with van der Waals surface area (Å²) < 4.78 is 4.74. The van der Waals surface area contributed by atoms with E-state index < -0.39 is 5.97 Å². The number of hydrogen-bond acceptors (Lipinski definition) is 4. The van der Waals surface area contributed by atoms with Crippen molar-refractivity contribution in [1.29, 1.82) is 0 Å². The van der Waals surface area contributed by atoms with Crippen molar-refractivity contribution in [2.45, 2.75) is 0 Å². The van der Waals surface area contributed by atoms with Gasteiger partial charge in [-0.2, -0.15) is 0 Å². The molecule has 0 aliphatic carbocycles. The number of guanidine groups is 1. The molecule has 0 saturated carbocycles. The molecule has 6 heteroatoms. The third kappa shape index (κ3) is 3.33. The average molecular weight is 321 g/mol. The van der Waals surface area contributed by atoms with Crippen molar-refractivity contribution < 1.29 is 14.3 Å². The molecular weight excluding hydrogens is 306 g/mol. The van der Waals surface area contributed by atoms with Crippen LogP contribution in [0, 0.1) is 0 Å². The van der Waals surface area contributed by atoms with Gasteiger partial charge in [-0.25, -0.2) is 9.79 Å². The lowest BCUT2D eigenvalue weighted by Gasteiger charge is -2.04. The van der Waals surface area contributed by atoms with Gasteiger partial charge in [-0.3, -0.25) is 10.1 Å². The fraction of sp³-hybridized carbons (Fsp3) is 0.0556. The Balaban J connectivity index is 1.88. The Bertz CT molecular complexity index is 842. The van der Waals surface area contributed by atoms with Gasteiger partial charge in [0.25, 0.3) is 5.91 Å². The highest BCUT2D eigenvalue weighted by Gasteiger charge is 2.22. The quantitative estimate of drug-likeness (QED) is 0.671. The number of hydrogen-bond donors (Lipinski definition) is 2. The normalized spacial score (nSPS) is 16.8. The van der Waals surface area contributed by atoms with Crippen LogP contribution in [0.4, 0.5) is 5.69 Å². The number of nitrogens with one attached hydrogen (secondary N) is 2. The lowest BCUT2D eigenvalue weighted by molar-refractivity contribution is -0.115. The van der Waals surface area contributed by atoms with E-state index in [1.54, 1.807) is 30.3 Å². The number of benzene rings is 2. The highest BCUT2D eigenvalue weighted by Crippen LogP contribution is 2.20. The van der Waals surface area contributed by atoms with Crippen molar-refractivity contribution in [2.75, 3.05) is 7.11 Å². The van der Waals surface area contributed by atoms with Crippen molar-refractivity contribution in [3.8, 4) is 0 Å². The van der Waals surface area contributed by atoms with Gasteiger partial charge in [-0.05, 0) is 23.8 Å². The number of methoxy groups -OCH3 is 1. The van der Waals surface area contributed by atoms with Gasteiger partial charge in [0, 0.05) is 0 Å². The first-order valence-electron chi connectivity index (χ1n) is 7.28. The molecule has 0 radical (unpaired) electrons. The van der Waals surface area contributed by atoms with Crippen LogP contribution in [-0.2, 0) is 9.53 Å². The smallest absolute Gasteiger partial charge is 0.340 e. The molecule has 2 aromatic rings. The maximum Gasteiger partial charge on any atom is 0.340 e. The molecule has 0 aromatic heterocycles. The SMILES string of the molecule is COC(=O)c1ccccc1N=C1NC(=O)/C(=C/c2ccccc2)N1. The lowest BCUT2D eigenvalue weighted by Crippen LogP contribution is -2.24. The summed E-state index contributed by atoms with van der Waals surface area (Å²) in [4.78, 5) is 28.1. The summed E-state index contributed by atoms with van der Waals surface area (Å²) in [5, 5.41) is 5.56. The summed E-state index contributed by atoms with van der Waals surface area (Å²) in [6.45, 7) is 0. The van der Waals surface area contributed by atoms with Crippen LogP contribution in [0.1, 0.15) is 15.9 Å². The van der Waals surface area contributed by atoms with Crippen LogP contribution >= 0.6 is 0 Å². The van der Waals surface area contributed by atoms with E-state index in [0.29, 0.717) is 16.9 Å². The molecule has 2 aromatic carbocycles. The van der Waals surface area contributed by atoms with E-state index in [0.717, 1.165) is 5.56 Å². The zero-order valence-corrected chi connectivity index (χ0v) is 12.9. The molecule has 0 atom stereocenters. The van der Waals surface area contributed by atoms with Gasteiger partial charge in [0.15, 0.2) is 0 Å². The molecule has 6 nitrogen and oxygen atoms in total. The molecule has 1 aliphatic heterocycles. The van der Waals surface area contributed by atoms with Gasteiger partial charge < -0.3 is 10.1 Å². The molecule has 1 heterocycles. The van der Waals surface area contributed by atoms with Crippen molar-refractivity contribution in [1.82, 2.24) is 10.6 Å². The van der Waals surface area contributed by atoms with Gasteiger partial charge in [-0.15, -0.1) is 0 Å². The van der Waals surface area contributed by atoms with Crippen LogP contribution in [0.15, 0.2) is 65.3 Å². The molecule has 0 spiro atoms. The number of aliphatic imine (C=N–C) groups is 1. The van der Waals surface area contributed by atoms with Crippen LogP contribution in [0.3, 0.4) is 0 Å². The molecule has 2 N–H and O–H groups in total. The average Bonchev–Trinajstić information content (AvgIpc) is 2.95. The minimum Gasteiger partial charge on any atom is -0.465 e. The number of carbonyl (C=O) groups excluding carboxylic acids is 2. The minimum absolute atomic E-state index is 0.263. The Hall–Kier alpha value is -3.41. The zero-order chi connectivity index (χ0) is 16.9. The van der Waals surface area contributed by atoms with Crippen molar-refractivity contribution in [3.05, 3.63) is 71.4 Å². The van der Waals surface area contributed by atoms with E-state index in [-0.39, 0.29) is 11.9 Å². The van der Waals surface area contributed by atoms with Crippen LogP contribution in [0.2, 0.25) is 0 Å². The maximum absolute atomic E-state index is 12.0. The second-order valence-corrected chi connectivity index (χ2v) is 5.02. The second-order valence-electron chi connectivity index (χ2n) is 5.02. The summed E-state index contributed by atoms with van der Waals surface area (Å²) in [5.74, 6) is -0.508. The van der Waals surface area contributed by atoms with E-state index in [2.05, 4.69) is 15.6 Å². The molecular formula is C18H15N3O3. The summed E-state index contributed by atoms with van der Waals surface area (Å²) in [6, 6.07) is 16.2. The Kier molecular flexibility index (Phi) is 4.38. The first-order valence-corrected chi connectivity index (χ1v) is 7.28. The van der Waals surface area contributed by atoms with E-state index in [9.17, 15) is 9.59 Å². The number of ether oxygens (including phenoxy) is 1. The van der Waals surface area contributed by atoms with Gasteiger partial charge in [-0.1, -0.05) is 42.5 Å². The number of amides is 1. The first kappa shape index (κ1) is 15.5. The monoisotopic (exact) mass is 321 g/mol. The Morgan fingerprint density at radius 1 is 1.04 bits per heavy atom. The van der Waals surface area contributed by atoms with Gasteiger partial charge in [0.1, 0.15) is 5.70 Å². The van der Waals surface area contributed by atoms with Gasteiger partial charge in [0.2, 0.25) is 5.96 Å². The Morgan fingerprint density at radius 3 is 2.50 bits per heavy atom. The van der Waals surface area contributed by atoms with Crippen molar-refractivity contribution in [3.63, 3.8) is 0 Å². The summed E-state index contributed by atoms with van der Waals surface area (Å²) >= 11 is 0. The molecule has 24 heavy (non-hydrogen) atoms. The van der Waals surface area contributed by atoms with Crippen LogP contribution in [0.25, 0.3) is 6.08 Å². The van der Waals surface area contributed by atoms with E-state index in [4.69, 9.17) is 4.74 Å². The van der Waals surface area contributed by atoms with Crippen LogP contribution in [-0.4, -0.2) is 24.9 Å². The molecule has 1 fully saturated rings. The second kappa shape index (κ2) is 6.78. The molecule has 0 unspecified atom stereocenters. The molecule has 3 rings (SSSR count). The zero-order valence-electron chi connectivity index (χ0n) is 12.9. The highest BCUT2D eigenvalue weighted by molar-refractivity contribution is 6.16. The third-order valence-corrected chi connectivity index (χ3v) is 3.38. The largest absolute Gasteiger partial charge is 0.465 e. The van der Waals surface area contributed by atoms with Crippen molar-refractivity contribution >= 4 is 29.6 Å². The number of nitrogens with zero attached hydrogens (tertiary/aromatic N) is 1. The number of para-hydroxylation sites is 1. The van der Waals surface area contributed by atoms with Gasteiger partial charge in [0.05, 0.1) is 18.4 Å². The minimum atomic E-state index is -0.487. The van der Waals surface area contributed by atoms with Crippen molar-refractivity contribution in [2.24, 2.45) is 4.99 Å². The molecule has 1 amide bonds. The standard InChI is InChI=1S/C18H15N3O3/c1-24-17(23)13-9-5-6-10-14(13)19-18-20-15(16(22)21-18)11-12-7-3-2-4-8-12/h2-11H,1H3,(H2,19,20,21,22)/b15-11-. The predicted molar refractivity (Wildman–Crippen MR) is 90.6 cm³/mol. The number of carbonyl (C=O) groups is 2. The molecule has 120 valence electrons. The van der Waals surface area contributed by atoms with E-state index in [1.165, 1.54) is 7.11 Å².